The van der Waals surface area contributed by atoms with Gasteiger partial charge in [0.1, 0.15) is 5.60 Å². The maximum Gasteiger partial charge on any atom is 0.100 e. The average molecular weight is 189 g/mol. The Balaban J connectivity index is 3.14. The summed E-state index contributed by atoms with van der Waals surface area (Å²) in [5.41, 5.74) is 2.00. The smallest absolute Gasteiger partial charge is 0.100 e. The van der Waals surface area contributed by atoms with E-state index < -0.39 is 5.60 Å². The fraction of sp³-hybridized carbons (Fsp3) is 0.417. The molecule has 0 spiro atoms. The molecule has 2 nitrogen and oxygen atoms in total. The molecule has 0 aliphatic carbocycles. The van der Waals surface area contributed by atoms with Gasteiger partial charge in [-0.25, -0.2) is 0 Å². The van der Waals surface area contributed by atoms with Crippen molar-refractivity contribution < 1.29 is 5.11 Å². The van der Waals surface area contributed by atoms with Gasteiger partial charge in [0.2, 0.25) is 0 Å². The van der Waals surface area contributed by atoms with Crippen LogP contribution in [-0.2, 0) is 5.60 Å². The molecule has 2 heteroatoms. The lowest BCUT2D eigenvalue weighted by Crippen LogP contribution is -2.21. The van der Waals surface area contributed by atoms with Gasteiger partial charge in [0.25, 0.3) is 0 Å². The van der Waals surface area contributed by atoms with Crippen molar-refractivity contribution in [1.82, 2.24) is 0 Å². The predicted molar refractivity (Wildman–Crippen MR) is 55.7 cm³/mol. The molecular weight excluding hydrogens is 174 g/mol. The number of nitriles is 1. The second-order valence-electron chi connectivity index (χ2n) is 3.93. The maximum atomic E-state index is 10.0. The molecule has 0 saturated carbocycles. The standard InChI is InChI=1S/C12H15NO/c1-9-4-5-11(10(2)8-9)12(3,14)6-7-13/h4-5,8,14H,6H2,1-3H3. The summed E-state index contributed by atoms with van der Waals surface area (Å²) in [5.74, 6) is 0. The van der Waals surface area contributed by atoms with Crippen LogP contribution in [0.1, 0.15) is 30.0 Å². The van der Waals surface area contributed by atoms with E-state index in [4.69, 9.17) is 5.26 Å². The quantitative estimate of drug-likeness (QED) is 0.776. The first-order valence-electron chi connectivity index (χ1n) is 4.64. The van der Waals surface area contributed by atoms with Crippen molar-refractivity contribution in [1.29, 1.82) is 5.26 Å². The van der Waals surface area contributed by atoms with Crippen molar-refractivity contribution in [2.24, 2.45) is 0 Å². The highest BCUT2D eigenvalue weighted by Gasteiger charge is 2.24. The van der Waals surface area contributed by atoms with E-state index in [1.54, 1.807) is 6.92 Å². The molecule has 0 aromatic heterocycles. The van der Waals surface area contributed by atoms with E-state index in [1.165, 1.54) is 5.56 Å². The van der Waals surface area contributed by atoms with Crippen LogP contribution in [-0.4, -0.2) is 5.11 Å². The first-order chi connectivity index (χ1) is 6.47. The molecule has 0 saturated heterocycles. The van der Waals surface area contributed by atoms with Crippen LogP contribution in [0, 0.1) is 25.2 Å². The van der Waals surface area contributed by atoms with Gasteiger partial charge < -0.3 is 5.11 Å². The van der Waals surface area contributed by atoms with Crippen LogP contribution < -0.4 is 0 Å². The normalized spacial score (nSPS) is 14.5. The number of hydrogen-bond donors (Lipinski definition) is 1. The fourth-order valence-corrected chi connectivity index (χ4v) is 1.67. The van der Waals surface area contributed by atoms with Gasteiger partial charge in [-0.15, -0.1) is 0 Å². The third-order valence-electron chi connectivity index (χ3n) is 2.39. The van der Waals surface area contributed by atoms with Crippen LogP contribution >= 0.6 is 0 Å². The summed E-state index contributed by atoms with van der Waals surface area (Å²) in [7, 11) is 0. The molecular formula is C12H15NO. The molecule has 1 atom stereocenters. The zero-order chi connectivity index (χ0) is 10.8. The van der Waals surface area contributed by atoms with Gasteiger partial charge in [-0.1, -0.05) is 23.8 Å². The highest BCUT2D eigenvalue weighted by Crippen LogP contribution is 2.27. The molecule has 0 radical (unpaired) electrons. The molecule has 0 amide bonds. The summed E-state index contributed by atoms with van der Waals surface area (Å²) in [6, 6.07) is 7.86. The molecule has 0 fully saturated rings. The molecule has 1 aromatic rings. The van der Waals surface area contributed by atoms with Crippen molar-refractivity contribution in [2.75, 3.05) is 0 Å². The van der Waals surface area contributed by atoms with Crippen molar-refractivity contribution in [3.05, 3.63) is 34.9 Å². The van der Waals surface area contributed by atoms with Crippen LogP contribution in [0.2, 0.25) is 0 Å². The summed E-state index contributed by atoms with van der Waals surface area (Å²) in [5, 5.41) is 18.6. The van der Waals surface area contributed by atoms with Crippen molar-refractivity contribution in [3.8, 4) is 6.07 Å². The highest BCUT2D eigenvalue weighted by atomic mass is 16.3. The third-order valence-corrected chi connectivity index (χ3v) is 2.39. The Bertz CT molecular complexity index is 374. The number of aliphatic hydroxyl groups is 1. The molecule has 1 aromatic carbocycles. The van der Waals surface area contributed by atoms with Crippen LogP contribution in [0.4, 0.5) is 0 Å². The van der Waals surface area contributed by atoms with Crippen LogP contribution in [0.3, 0.4) is 0 Å². The van der Waals surface area contributed by atoms with E-state index in [-0.39, 0.29) is 6.42 Å². The monoisotopic (exact) mass is 189 g/mol. The Labute approximate surface area is 84.8 Å². The zero-order valence-electron chi connectivity index (χ0n) is 8.83. The van der Waals surface area contributed by atoms with Crippen molar-refractivity contribution in [2.45, 2.75) is 32.8 Å². The summed E-state index contributed by atoms with van der Waals surface area (Å²) in [4.78, 5) is 0. The summed E-state index contributed by atoms with van der Waals surface area (Å²) in [6.07, 6.45) is 0.122. The van der Waals surface area contributed by atoms with Crippen molar-refractivity contribution >= 4 is 0 Å². The summed E-state index contributed by atoms with van der Waals surface area (Å²) >= 11 is 0. The number of nitrogens with zero attached hydrogens (tertiary/aromatic N) is 1. The van der Waals surface area contributed by atoms with Crippen LogP contribution in [0.25, 0.3) is 0 Å². The number of rotatable bonds is 2. The number of hydrogen-bond acceptors (Lipinski definition) is 2. The van der Waals surface area contributed by atoms with Gasteiger partial charge in [-0.3, -0.25) is 0 Å². The lowest BCUT2D eigenvalue weighted by molar-refractivity contribution is 0.0618. The lowest BCUT2D eigenvalue weighted by Gasteiger charge is -2.22. The molecule has 0 bridgehead atoms. The maximum absolute atomic E-state index is 10.0. The van der Waals surface area contributed by atoms with Gasteiger partial charge >= 0.3 is 0 Å². The van der Waals surface area contributed by atoms with Crippen LogP contribution in [0.5, 0.6) is 0 Å². The second-order valence-corrected chi connectivity index (χ2v) is 3.93. The molecule has 1 rings (SSSR count). The highest BCUT2D eigenvalue weighted by molar-refractivity contribution is 5.34. The van der Waals surface area contributed by atoms with Crippen molar-refractivity contribution in [3.63, 3.8) is 0 Å². The van der Waals surface area contributed by atoms with Gasteiger partial charge in [0.15, 0.2) is 0 Å². The van der Waals surface area contributed by atoms with E-state index in [9.17, 15) is 5.11 Å². The van der Waals surface area contributed by atoms with Gasteiger partial charge in [-0.05, 0) is 31.9 Å². The van der Waals surface area contributed by atoms with Gasteiger partial charge in [-0.2, -0.15) is 5.26 Å². The Hall–Kier alpha value is -1.33. The SMILES string of the molecule is Cc1ccc(C(C)(O)CC#N)c(C)c1. The first kappa shape index (κ1) is 10.7. The van der Waals surface area contributed by atoms with Gasteiger partial charge in [0.05, 0.1) is 12.5 Å². The topological polar surface area (TPSA) is 44.0 Å². The minimum absolute atomic E-state index is 0.122. The largest absolute Gasteiger partial charge is 0.384 e. The van der Waals surface area contributed by atoms with E-state index >= 15 is 0 Å². The van der Waals surface area contributed by atoms with E-state index in [2.05, 4.69) is 0 Å². The molecule has 0 heterocycles. The molecule has 0 aliphatic heterocycles. The van der Waals surface area contributed by atoms with E-state index in [0.717, 1.165) is 11.1 Å². The number of benzene rings is 1. The molecule has 0 aliphatic rings. The number of aryl methyl sites for hydroxylation is 2. The van der Waals surface area contributed by atoms with E-state index in [1.807, 2.05) is 38.1 Å². The average Bonchev–Trinajstić information content (AvgIpc) is 2.02. The van der Waals surface area contributed by atoms with Crippen LogP contribution in [0.15, 0.2) is 18.2 Å². The molecule has 1 N–H and O–H groups in total. The Morgan fingerprint density at radius 1 is 1.43 bits per heavy atom. The molecule has 1 unspecified atom stereocenters. The Kier molecular flexibility index (Phi) is 2.93. The third kappa shape index (κ3) is 2.12. The summed E-state index contributed by atoms with van der Waals surface area (Å²) in [6.45, 7) is 5.64. The van der Waals surface area contributed by atoms with Gasteiger partial charge in [0, 0.05) is 0 Å². The van der Waals surface area contributed by atoms with E-state index in [0.29, 0.717) is 0 Å². The summed E-state index contributed by atoms with van der Waals surface area (Å²) < 4.78 is 0. The Morgan fingerprint density at radius 3 is 2.57 bits per heavy atom. The molecule has 14 heavy (non-hydrogen) atoms. The Morgan fingerprint density at radius 2 is 2.07 bits per heavy atom. The molecule has 74 valence electrons. The fourth-order valence-electron chi connectivity index (χ4n) is 1.67. The predicted octanol–water partition coefficient (Wildman–Crippen LogP) is 2.42. The minimum atomic E-state index is -1.04. The minimum Gasteiger partial charge on any atom is -0.384 e. The second kappa shape index (κ2) is 3.81. The first-order valence-corrected chi connectivity index (χ1v) is 4.64. The zero-order valence-corrected chi connectivity index (χ0v) is 8.83. The lowest BCUT2D eigenvalue weighted by atomic mass is 9.89.